The van der Waals surface area contributed by atoms with Crippen molar-refractivity contribution in [3.8, 4) is 0 Å². The van der Waals surface area contributed by atoms with Crippen molar-refractivity contribution in [2.24, 2.45) is 17.1 Å². The molecule has 0 radical (unpaired) electrons. The van der Waals surface area contributed by atoms with Gasteiger partial charge in [-0.3, -0.25) is 9.59 Å². The third-order valence-corrected chi connectivity index (χ3v) is 3.86. The van der Waals surface area contributed by atoms with E-state index in [9.17, 15) is 9.59 Å². The number of hydrogen-bond acceptors (Lipinski definition) is 3. The van der Waals surface area contributed by atoms with Crippen LogP contribution in [0.5, 0.6) is 0 Å². The maximum absolute atomic E-state index is 12.5. The van der Waals surface area contributed by atoms with Gasteiger partial charge in [0, 0.05) is 13.5 Å². The number of allylic oxidation sites excluding steroid dienone is 1. The normalized spacial score (nSPS) is 15.8. The number of ketones is 1. The molecule has 122 valence electrons. The number of likely N-dealkylation sites (N-methyl/N-ethyl adjacent to an activating group) is 1. The van der Waals surface area contributed by atoms with E-state index in [2.05, 4.69) is 0 Å². The summed E-state index contributed by atoms with van der Waals surface area (Å²) in [4.78, 5) is 26.0. The van der Waals surface area contributed by atoms with E-state index in [1.807, 2.05) is 54.5 Å². The lowest BCUT2D eigenvalue weighted by molar-refractivity contribution is -0.135. The Morgan fingerprint density at radius 1 is 1.24 bits per heavy atom. The van der Waals surface area contributed by atoms with Crippen molar-refractivity contribution in [2.45, 2.75) is 67.0 Å². The maximum Gasteiger partial charge on any atom is 0.240 e. The minimum Gasteiger partial charge on any atom is -0.338 e. The summed E-state index contributed by atoms with van der Waals surface area (Å²) in [6, 6.07) is -0.680. The summed E-state index contributed by atoms with van der Waals surface area (Å²) in [5, 5.41) is 0. The van der Waals surface area contributed by atoms with Gasteiger partial charge in [0.05, 0.1) is 12.1 Å². The monoisotopic (exact) mass is 296 g/mol. The largest absolute Gasteiger partial charge is 0.338 e. The Morgan fingerprint density at radius 3 is 2.05 bits per heavy atom. The molecule has 2 atom stereocenters. The second kappa shape index (κ2) is 7.74. The first-order valence-electron chi connectivity index (χ1n) is 7.67. The highest BCUT2D eigenvalue weighted by atomic mass is 16.2. The van der Waals surface area contributed by atoms with E-state index >= 15 is 0 Å². The Morgan fingerprint density at radius 2 is 1.71 bits per heavy atom. The number of nitrogens with two attached hydrogens (primary N) is 1. The summed E-state index contributed by atoms with van der Waals surface area (Å²) in [6.07, 6.45) is 2.37. The summed E-state index contributed by atoms with van der Waals surface area (Å²) in [5.41, 5.74) is 6.49. The van der Waals surface area contributed by atoms with E-state index in [0.29, 0.717) is 12.0 Å². The summed E-state index contributed by atoms with van der Waals surface area (Å²) in [6.45, 7) is 13.6. The maximum atomic E-state index is 12.5. The summed E-state index contributed by atoms with van der Waals surface area (Å²) < 4.78 is 0. The zero-order valence-electron chi connectivity index (χ0n) is 14.9. The van der Waals surface area contributed by atoms with Gasteiger partial charge in [0.2, 0.25) is 5.91 Å². The lowest BCUT2D eigenvalue weighted by Crippen LogP contribution is -2.52. The fourth-order valence-corrected chi connectivity index (χ4v) is 2.12. The fourth-order valence-electron chi connectivity index (χ4n) is 2.12. The van der Waals surface area contributed by atoms with E-state index in [-0.39, 0.29) is 29.1 Å². The Bertz CT molecular complexity index is 406. The van der Waals surface area contributed by atoms with Crippen molar-refractivity contribution in [3.05, 3.63) is 11.6 Å². The SMILES string of the molecule is CCC(=O)/C(C)=C/[C@H](C(C)C)N(C)C(=O)[C@@H](N)C(C)(C)C. The van der Waals surface area contributed by atoms with Crippen LogP contribution in [0.25, 0.3) is 0 Å². The molecule has 4 heteroatoms. The number of amides is 1. The van der Waals surface area contributed by atoms with E-state index in [4.69, 9.17) is 5.73 Å². The zero-order chi connectivity index (χ0) is 17.0. The first-order valence-corrected chi connectivity index (χ1v) is 7.67. The second-order valence-corrected chi connectivity index (χ2v) is 7.15. The average molecular weight is 296 g/mol. The third-order valence-electron chi connectivity index (χ3n) is 3.86. The summed E-state index contributed by atoms with van der Waals surface area (Å²) >= 11 is 0. The molecule has 1 amide bonds. The molecule has 0 rings (SSSR count). The van der Waals surface area contributed by atoms with E-state index in [1.54, 1.807) is 11.9 Å². The second-order valence-electron chi connectivity index (χ2n) is 7.15. The minimum absolute atomic E-state index is 0.0887. The van der Waals surface area contributed by atoms with Crippen LogP contribution in [-0.2, 0) is 9.59 Å². The van der Waals surface area contributed by atoms with Crippen LogP contribution in [0.2, 0.25) is 0 Å². The molecule has 0 fully saturated rings. The van der Waals surface area contributed by atoms with Crippen molar-refractivity contribution < 1.29 is 9.59 Å². The van der Waals surface area contributed by atoms with Crippen LogP contribution < -0.4 is 5.73 Å². The van der Waals surface area contributed by atoms with Crippen LogP contribution in [-0.4, -0.2) is 35.7 Å². The predicted octanol–water partition coefficient (Wildman–Crippen LogP) is 2.77. The van der Waals surface area contributed by atoms with Crippen LogP contribution in [0.15, 0.2) is 11.6 Å². The molecule has 0 spiro atoms. The Labute approximate surface area is 129 Å². The van der Waals surface area contributed by atoms with E-state index in [0.717, 1.165) is 0 Å². The molecule has 0 unspecified atom stereocenters. The Balaban J connectivity index is 5.32. The highest BCUT2D eigenvalue weighted by Crippen LogP contribution is 2.22. The number of carbonyl (C=O) groups excluding carboxylic acids is 2. The van der Waals surface area contributed by atoms with E-state index in [1.165, 1.54) is 0 Å². The van der Waals surface area contributed by atoms with Gasteiger partial charge in [0.15, 0.2) is 5.78 Å². The molecule has 0 aliphatic carbocycles. The molecule has 0 saturated heterocycles. The van der Waals surface area contributed by atoms with Crippen LogP contribution in [0.3, 0.4) is 0 Å². The van der Waals surface area contributed by atoms with Crippen LogP contribution in [0.4, 0.5) is 0 Å². The number of Topliss-reactive ketones (excluding diaryl/α,β-unsaturated/α-hetero) is 1. The van der Waals surface area contributed by atoms with Crippen LogP contribution >= 0.6 is 0 Å². The van der Waals surface area contributed by atoms with Gasteiger partial charge < -0.3 is 10.6 Å². The molecule has 0 aromatic rings. The smallest absolute Gasteiger partial charge is 0.240 e. The predicted molar refractivity (Wildman–Crippen MR) is 87.9 cm³/mol. The highest BCUT2D eigenvalue weighted by molar-refractivity contribution is 5.94. The highest BCUT2D eigenvalue weighted by Gasteiger charge is 2.32. The molecule has 21 heavy (non-hydrogen) atoms. The first kappa shape index (κ1) is 19.8. The zero-order valence-corrected chi connectivity index (χ0v) is 14.9. The Hall–Kier alpha value is -1.16. The van der Waals surface area contributed by atoms with Gasteiger partial charge in [0.1, 0.15) is 0 Å². The minimum atomic E-state index is -0.556. The number of rotatable bonds is 6. The van der Waals surface area contributed by atoms with E-state index < -0.39 is 6.04 Å². The molecule has 0 aromatic carbocycles. The van der Waals surface area contributed by atoms with Gasteiger partial charge >= 0.3 is 0 Å². The van der Waals surface area contributed by atoms with Gasteiger partial charge in [-0.1, -0.05) is 47.6 Å². The molecule has 0 aromatic heterocycles. The van der Waals surface area contributed by atoms with Gasteiger partial charge in [-0.25, -0.2) is 0 Å². The average Bonchev–Trinajstić information content (AvgIpc) is 2.39. The standard InChI is InChI=1S/C17H32N2O2/c1-9-14(20)12(4)10-13(11(2)3)19(8)16(21)15(18)17(5,6)7/h10-11,13,15H,9,18H2,1-8H3/b12-10+/t13-,15-/m1/s1. The number of nitrogens with zero attached hydrogens (tertiary/aromatic N) is 1. The molecule has 0 bridgehead atoms. The van der Waals surface area contributed by atoms with Crippen molar-refractivity contribution >= 4 is 11.7 Å². The molecule has 0 aliphatic rings. The lowest BCUT2D eigenvalue weighted by Gasteiger charge is -2.35. The molecular formula is C17H32N2O2. The first-order chi connectivity index (χ1) is 9.43. The van der Waals surface area contributed by atoms with Gasteiger partial charge in [-0.05, 0) is 23.8 Å². The molecule has 2 N–H and O–H groups in total. The molecule has 4 nitrogen and oxygen atoms in total. The molecule has 0 saturated carbocycles. The molecule has 0 aliphatic heterocycles. The lowest BCUT2D eigenvalue weighted by atomic mass is 9.86. The van der Waals surface area contributed by atoms with Crippen molar-refractivity contribution in [2.75, 3.05) is 7.05 Å². The quantitative estimate of drug-likeness (QED) is 0.767. The third kappa shape index (κ3) is 5.62. The van der Waals surface area contributed by atoms with Gasteiger partial charge in [-0.15, -0.1) is 0 Å². The molecule has 0 heterocycles. The van der Waals surface area contributed by atoms with Crippen LogP contribution in [0.1, 0.15) is 54.9 Å². The van der Waals surface area contributed by atoms with Crippen LogP contribution in [0, 0.1) is 11.3 Å². The van der Waals surface area contributed by atoms with Gasteiger partial charge in [0.25, 0.3) is 0 Å². The summed E-state index contributed by atoms with van der Waals surface area (Å²) in [5.74, 6) is 0.238. The van der Waals surface area contributed by atoms with Crippen molar-refractivity contribution in [3.63, 3.8) is 0 Å². The Kier molecular flexibility index (Phi) is 7.31. The van der Waals surface area contributed by atoms with Crippen molar-refractivity contribution in [1.82, 2.24) is 4.90 Å². The topological polar surface area (TPSA) is 63.4 Å². The summed E-state index contributed by atoms with van der Waals surface area (Å²) in [7, 11) is 1.76. The fraction of sp³-hybridized carbons (Fsp3) is 0.765. The van der Waals surface area contributed by atoms with Crippen molar-refractivity contribution in [1.29, 1.82) is 0 Å². The number of carbonyl (C=O) groups is 2. The number of hydrogen-bond donors (Lipinski definition) is 1. The molecular weight excluding hydrogens is 264 g/mol. The van der Waals surface area contributed by atoms with Gasteiger partial charge in [-0.2, -0.15) is 0 Å².